The fraction of sp³-hybridized carbons (Fsp3) is 0.412. The van der Waals surface area contributed by atoms with E-state index in [1.54, 1.807) is 12.3 Å². The predicted octanol–water partition coefficient (Wildman–Crippen LogP) is 3.27. The minimum Gasteiger partial charge on any atom is -0.350 e. The SMILES string of the molecule is C[C@@H]1CCCC[C@@H]1NC(=O)/C=C/c1ccc2cn[nH]c2c1. The average Bonchev–Trinajstić information content (AvgIpc) is 2.95. The summed E-state index contributed by atoms with van der Waals surface area (Å²) < 4.78 is 0. The Balaban J connectivity index is 1.63. The van der Waals surface area contributed by atoms with Crippen molar-refractivity contribution in [3.8, 4) is 0 Å². The van der Waals surface area contributed by atoms with Crippen LogP contribution in [0.2, 0.25) is 0 Å². The van der Waals surface area contributed by atoms with E-state index in [2.05, 4.69) is 22.4 Å². The van der Waals surface area contributed by atoms with Crippen molar-refractivity contribution < 1.29 is 4.79 Å². The summed E-state index contributed by atoms with van der Waals surface area (Å²) in [6, 6.07) is 6.31. The summed E-state index contributed by atoms with van der Waals surface area (Å²) in [5.74, 6) is 0.580. The van der Waals surface area contributed by atoms with Gasteiger partial charge in [-0.05, 0) is 36.5 Å². The number of amides is 1. The van der Waals surface area contributed by atoms with Crippen molar-refractivity contribution in [1.29, 1.82) is 0 Å². The monoisotopic (exact) mass is 283 g/mol. The van der Waals surface area contributed by atoms with E-state index in [9.17, 15) is 4.79 Å². The second-order valence-electron chi connectivity index (χ2n) is 5.93. The summed E-state index contributed by atoms with van der Waals surface area (Å²) in [6.07, 6.45) is 10.1. The number of fused-ring (bicyclic) bond motifs is 1. The van der Waals surface area contributed by atoms with Crippen LogP contribution in [0.1, 0.15) is 38.2 Å². The molecule has 4 nitrogen and oxygen atoms in total. The van der Waals surface area contributed by atoms with Crippen LogP contribution in [0.15, 0.2) is 30.5 Å². The lowest BCUT2D eigenvalue weighted by Gasteiger charge is -2.29. The molecule has 0 aliphatic heterocycles. The molecule has 1 aliphatic carbocycles. The van der Waals surface area contributed by atoms with Crippen LogP contribution < -0.4 is 5.32 Å². The van der Waals surface area contributed by atoms with Crippen LogP contribution >= 0.6 is 0 Å². The zero-order valence-electron chi connectivity index (χ0n) is 12.3. The number of nitrogens with zero attached hydrogens (tertiary/aromatic N) is 1. The minimum atomic E-state index is -0.00143. The minimum absolute atomic E-state index is 0.00143. The highest BCUT2D eigenvalue weighted by atomic mass is 16.1. The number of nitrogens with one attached hydrogen (secondary N) is 2. The van der Waals surface area contributed by atoms with Gasteiger partial charge in [0.05, 0.1) is 11.7 Å². The molecular weight excluding hydrogens is 262 g/mol. The maximum Gasteiger partial charge on any atom is 0.244 e. The Morgan fingerprint density at radius 2 is 2.24 bits per heavy atom. The Kier molecular flexibility index (Phi) is 4.04. The largest absolute Gasteiger partial charge is 0.350 e. The smallest absolute Gasteiger partial charge is 0.244 e. The van der Waals surface area contributed by atoms with Crippen molar-refractivity contribution in [2.45, 2.75) is 38.6 Å². The van der Waals surface area contributed by atoms with E-state index in [0.29, 0.717) is 12.0 Å². The van der Waals surface area contributed by atoms with Crippen LogP contribution in [0, 0.1) is 5.92 Å². The highest BCUT2D eigenvalue weighted by molar-refractivity contribution is 5.92. The van der Waals surface area contributed by atoms with E-state index >= 15 is 0 Å². The number of carbonyl (C=O) groups is 1. The first-order chi connectivity index (χ1) is 10.2. The number of hydrogen-bond acceptors (Lipinski definition) is 2. The molecule has 1 aliphatic rings. The molecule has 1 aromatic carbocycles. The molecule has 1 heterocycles. The van der Waals surface area contributed by atoms with E-state index in [0.717, 1.165) is 22.9 Å². The molecular formula is C17H21N3O. The Morgan fingerprint density at radius 1 is 1.38 bits per heavy atom. The summed E-state index contributed by atoms with van der Waals surface area (Å²) in [5.41, 5.74) is 1.98. The molecule has 2 atom stereocenters. The maximum absolute atomic E-state index is 12.0. The summed E-state index contributed by atoms with van der Waals surface area (Å²) in [5, 5.41) is 11.1. The number of aromatic nitrogens is 2. The molecule has 21 heavy (non-hydrogen) atoms. The molecule has 0 bridgehead atoms. The molecule has 0 saturated heterocycles. The molecule has 1 fully saturated rings. The Morgan fingerprint density at radius 3 is 3.10 bits per heavy atom. The molecule has 110 valence electrons. The van der Waals surface area contributed by atoms with Gasteiger partial charge in [-0.15, -0.1) is 0 Å². The van der Waals surface area contributed by atoms with E-state index in [4.69, 9.17) is 0 Å². The van der Waals surface area contributed by atoms with Gasteiger partial charge in [-0.3, -0.25) is 9.89 Å². The number of carbonyl (C=O) groups excluding carboxylic acids is 1. The standard InChI is InChI=1S/C17H21N3O/c1-12-4-2-3-5-15(12)19-17(21)9-7-13-6-8-14-11-18-20-16(14)10-13/h6-12,15H,2-5H2,1H3,(H,18,20)(H,19,21)/b9-7+/t12-,15+/m1/s1. The molecule has 0 unspecified atom stereocenters. The van der Waals surface area contributed by atoms with Gasteiger partial charge in [0.25, 0.3) is 0 Å². The van der Waals surface area contributed by atoms with Gasteiger partial charge in [0.2, 0.25) is 5.91 Å². The predicted molar refractivity (Wildman–Crippen MR) is 84.7 cm³/mol. The molecule has 1 saturated carbocycles. The zero-order chi connectivity index (χ0) is 14.7. The van der Waals surface area contributed by atoms with Gasteiger partial charge in [-0.2, -0.15) is 5.10 Å². The van der Waals surface area contributed by atoms with Gasteiger partial charge in [0, 0.05) is 17.5 Å². The van der Waals surface area contributed by atoms with Gasteiger partial charge in [-0.1, -0.05) is 31.9 Å². The molecule has 2 N–H and O–H groups in total. The Hall–Kier alpha value is -2.10. The Bertz CT molecular complexity index is 659. The number of benzene rings is 1. The van der Waals surface area contributed by atoms with Crippen molar-refractivity contribution in [3.63, 3.8) is 0 Å². The van der Waals surface area contributed by atoms with E-state index < -0.39 is 0 Å². The molecule has 0 spiro atoms. The van der Waals surface area contributed by atoms with Crippen molar-refractivity contribution in [2.24, 2.45) is 5.92 Å². The van der Waals surface area contributed by atoms with E-state index in [1.165, 1.54) is 19.3 Å². The van der Waals surface area contributed by atoms with E-state index in [-0.39, 0.29) is 5.91 Å². The highest BCUT2D eigenvalue weighted by Crippen LogP contribution is 2.23. The van der Waals surface area contributed by atoms with Crippen LogP contribution in [-0.2, 0) is 4.79 Å². The van der Waals surface area contributed by atoms with Gasteiger partial charge in [0.15, 0.2) is 0 Å². The molecule has 4 heteroatoms. The summed E-state index contributed by atoms with van der Waals surface area (Å²) in [7, 11) is 0. The third-order valence-electron chi connectivity index (χ3n) is 4.33. The fourth-order valence-electron chi connectivity index (χ4n) is 2.99. The summed E-state index contributed by atoms with van der Waals surface area (Å²) >= 11 is 0. The lowest BCUT2D eigenvalue weighted by atomic mass is 9.86. The molecule has 1 aromatic heterocycles. The first-order valence-electron chi connectivity index (χ1n) is 7.64. The average molecular weight is 283 g/mol. The highest BCUT2D eigenvalue weighted by Gasteiger charge is 2.21. The second kappa shape index (κ2) is 6.12. The third kappa shape index (κ3) is 3.32. The summed E-state index contributed by atoms with van der Waals surface area (Å²) in [4.78, 5) is 12.0. The van der Waals surface area contributed by atoms with Crippen LogP contribution in [0.4, 0.5) is 0 Å². The first-order valence-corrected chi connectivity index (χ1v) is 7.64. The fourth-order valence-corrected chi connectivity index (χ4v) is 2.99. The maximum atomic E-state index is 12.0. The van der Waals surface area contributed by atoms with Gasteiger partial charge in [0.1, 0.15) is 0 Å². The van der Waals surface area contributed by atoms with Crippen molar-refractivity contribution in [2.75, 3.05) is 0 Å². The topological polar surface area (TPSA) is 57.8 Å². The van der Waals surface area contributed by atoms with Crippen LogP contribution in [0.25, 0.3) is 17.0 Å². The van der Waals surface area contributed by atoms with Crippen molar-refractivity contribution in [1.82, 2.24) is 15.5 Å². The molecule has 1 amide bonds. The number of H-pyrrole nitrogens is 1. The Labute approximate surface area is 124 Å². The van der Waals surface area contributed by atoms with Gasteiger partial charge >= 0.3 is 0 Å². The lowest BCUT2D eigenvalue weighted by Crippen LogP contribution is -2.40. The van der Waals surface area contributed by atoms with Gasteiger partial charge < -0.3 is 5.32 Å². The van der Waals surface area contributed by atoms with Crippen LogP contribution in [-0.4, -0.2) is 22.1 Å². The third-order valence-corrected chi connectivity index (χ3v) is 4.33. The zero-order valence-corrected chi connectivity index (χ0v) is 12.3. The first kappa shape index (κ1) is 13.9. The van der Waals surface area contributed by atoms with E-state index in [1.807, 2.05) is 24.3 Å². The quantitative estimate of drug-likeness (QED) is 0.849. The number of hydrogen-bond donors (Lipinski definition) is 2. The van der Waals surface area contributed by atoms with Crippen LogP contribution in [0.3, 0.4) is 0 Å². The van der Waals surface area contributed by atoms with Gasteiger partial charge in [-0.25, -0.2) is 0 Å². The van der Waals surface area contributed by atoms with Crippen molar-refractivity contribution in [3.05, 3.63) is 36.0 Å². The summed E-state index contributed by atoms with van der Waals surface area (Å²) in [6.45, 7) is 2.22. The molecule has 0 radical (unpaired) electrons. The lowest BCUT2D eigenvalue weighted by molar-refractivity contribution is -0.117. The van der Waals surface area contributed by atoms with Crippen LogP contribution in [0.5, 0.6) is 0 Å². The normalized spacial score (nSPS) is 22.7. The molecule has 2 aromatic rings. The molecule has 3 rings (SSSR count). The number of aromatic amines is 1. The number of rotatable bonds is 3. The second-order valence-corrected chi connectivity index (χ2v) is 5.93. The van der Waals surface area contributed by atoms with Crippen molar-refractivity contribution >= 4 is 22.9 Å².